The molecule has 1 saturated heterocycles. The first kappa shape index (κ1) is 20.1. The molecule has 2 bridgehead atoms. The molecule has 0 radical (unpaired) electrons. The first-order valence-corrected chi connectivity index (χ1v) is 9.75. The van der Waals surface area contributed by atoms with E-state index in [1.807, 2.05) is 6.92 Å². The van der Waals surface area contributed by atoms with Crippen LogP contribution in [0.4, 0.5) is 8.78 Å². The predicted molar refractivity (Wildman–Crippen MR) is 103 cm³/mol. The molecule has 1 aromatic carbocycles. The Bertz CT molecular complexity index is 1100. The Labute approximate surface area is 170 Å². The van der Waals surface area contributed by atoms with Crippen molar-refractivity contribution in [2.75, 3.05) is 13.1 Å². The zero-order valence-corrected chi connectivity index (χ0v) is 16.3. The van der Waals surface area contributed by atoms with Crippen LogP contribution in [0.2, 0.25) is 0 Å². The Morgan fingerprint density at radius 2 is 2.00 bits per heavy atom. The van der Waals surface area contributed by atoms with Crippen LogP contribution in [0.15, 0.2) is 29.2 Å². The molecule has 7 nitrogen and oxygen atoms in total. The lowest BCUT2D eigenvalue weighted by Gasteiger charge is -2.34. The number of amides is 2. The van der Waals surface area contributed by atoms with Crippen molar-refractivity contribution < 1.29 is 23.5 Å². The standard InChI is InChI=1S/C21H21F2N3O4/c1-11-2-5-14-9-25(8-11)21(30)17-19(28)18(27)15(10-26(14)17)20(29)24-7-12-3-4-13(22)6-16(12)23/h3-4,6,10-11,14,28H,2,5,7-9H2,1H3,(H,24,29)/t11-,14-/m1/s1. The van der Waals surface area contributed by atoms with Crippen molar-refractivity contribution in [1.29, 1.82) is 0 Å². The smallest absolute Gasteiger partial charge is 0.274 e. The minimum atomic E-state index is -0.959. The van der Waals surface area contributed by atoms with Gasteiger partial charge in [0.15, 0.2) is 11.4 Å². The Morgan fingerprint density at radius 3 is 2.73 bits per heavy atom. The second-order valence-electron chi connectivity index (χ2n) is 7.94. The Balaban J connectivity index is 1.66. The molecule has 2 atom stereocenters. The molecule has 0 saturated carbocycles. The van der Waals surface area contributed by atoms with Gasteiger partial charge >= 0.3 is 0 Å². The van der Waals surface area contributed by atoms with Gasteiger partial charge in [-0.25, -0.2) is 8.78 Å². The Morgan fingerprint density at radius 1 is 1.23 bits per heavy atom. The lowest BCUT2D eigenvalue weighted by atomic mass is 10.0. The van der Waals surface area contributed by atoms with Crippen LogP contribution in [0.1, 0.15) is 52.2 Å². The lowest BCUT2D eigenvalue weighted by molar-refractivity contribution is 0.0662. The Hall–Kier alpha value is -3.23. The van der Waals surface area contributed by atoms with E-state index in [1.165, 1.54) is 16.8 Å². The molecule has 9 heteroatoms. The van der Waals surface area contributed by atoms with Gasteiger partial charge in [0.1, 0.15) is 17.2 Å². The molecule has 2 aromatic rings. The third-order valence-corrected chi connectivity index (χ3v) is 5.75. The van der Waals surface area contributed by atoms with E-state index >= 15 is 0 Å². The summed E-state index contributed by atoms with van der Waals surface area (Å²) in [6.07, 6.45) is 2.90. The average molecular weight is 417 g/mol. The van der Waals surface area contributed by atoms with Crippen LogP contribution in [-0.4, -0.2) is 39.5 Å². The maximum atomic E-state index is 13.8. The number of halogens is 2. The molecule has 0 unspecified atom stereocenters. The van der Waals surface area contributed by atoms with Crippen LogP contribution < -0.4 is 10.7 Å². The number of nitrogens with one attached hydrogen (secondary N) is 1. The summed E-state index contributed by atoms with van der Waals surface area (Å²) >= 11 is 0. The summed E-state index contributed by atoms with van der Waals surface area (Å²) in [5.74, 6) is -3.28. The summed E-state index contributed by atoms with van der Waals surface area (Å²) in [4.78, 5) is 39.6. The average Bonchev–Trinajstić information content (AvgIpc) is 2.87. The number of aromatic nitrogens is 1. The highest BCUT2D eigenvalue weighted by Gasteiger charge is 2.37. The summed E-state index contributed by atoms with van der Waals surface area (Å²) in [7, 11) is 0. The van der Waals surface area contributed by atoms with E-state index in [0.29, 0.717) is 19.2 Å². The van der Waals surface area contributed by atoms with Gasteiger partial charge in [-0.1, -0.05) is 13.0 Å². The van der Waals surface area contributed by atoms with Crippen molar-refractivity contribution in [1.82, 2.24) is 14.8 Å². The molecular weight excluding hydrogens is 396 g/mol. The maximum absolute atomic E-state index is 13.8. The van der Waals surface area contributed by atoms with Crippen molar-refractivity contribution in [3.8, 4) is 5.75 Å². The molecule has 2 N–H and O–H groups in total. The van der Waals surface area contributed by atoms with Gasteiger partial charge in [-0.2, -0.15) is 0 Å². The van der Waals surface area contributed by atoms with Gasteiger partial charge in [0, 0.05) is 37.5 Å². The van der Waals surface area contributed by atoms with E-state index in [4.69, 9.17) is 0 Å². The molecular formula is C21H21F2N3O4. The van der Waals surface area contributed by atoms with E-state index in [9.17, 15) is 28.3 Å². The van der Waals surface area contributed by atoms with E-state index < -0.39 is 34.6 Å². The molecule has 2 aliphatic heterocycles. The zero-order valence-electron chi connectivity index (χ0n) is 16.3. The maximum Gasteiger partial charge on any atom is 0.274 e. The summed E-state index contributed by atoms with van der Waals surface area (Å²) in [6, 6.07) is 2.80. The first-order chi connectivity index (χ1) is 14.3. The molecule has 1 aromatic heterocycles. The van der Waals surface area contributed by atoms with Gasteiger partial charge in [-0.15, -0.1) is 0 Å². The van der Waals surface area contributed by atoms with E-state index in [1.54, 1.807) is 4.90 Å². The predicted octanol–water partition coefficient (Wildman–Crippen LogP) is 2.19. The van der Waals surface area contributed by atoms with Crippen LogP contribution in [0, 0.1) is 17.6 Å². The topological polar surface area (TPSA) is 91.6 Å². The first-order valence-electron chi connectivity index (χ1n) is 9.75. The number of hydrogen-bond donors (Lipinski definition) is 2. The van der Waals surface area contributed by atoms with Crippen LogP contribution in [0.3, 0.4) is 0 Å². The molecule has 0 spiro atoms. The minimum absolute atomic E-state index is 0.0515. The quantitative estimate of drug-likeness (QED) is 0.801. The van der Waals surface area contributed by atoms with Gasteiger partial charge in [-0.05, 0) is 24.8 Å². The molecule has 1 fully saturated rings. The number of nitrogens with zero attached hydrogens (tertiary/aromatic N) is 2. The molecule has 2 amide bonds. The number of benzene rings is 1. The third kappa shape index (κ3) is 3.44. The molecule has 30 heavy (non-hydrogen) atoms. The van der Waals surface area contributed by atoms with Gasteiger partial charge < -0.3 is 19.9 Å². The fourth-order valence-electron chi connectivity index (χ4n) is 4.12. The normalized spacial score (nSPS) is 20.5. The number of hydrogen-bond acceptors (Lipinski definition) is 4. The van der Waals surface area contributed by atoms with Crippen LogP contribution in [0.25, 0.3) is 0 Å². The molecule has 4 rings (SSSR count). The fraction of sp³-hybridized carbons (Fsp3) is 0.381. The van der Waals surface area contributed by atoms with Crippen LogP contribution >= 0.6 is 0 Å². The monoisotopic (exact) mass is 417 g/mol. The van der Waals surface area contributed by atoms with Crippen LogP contribution in [0.5, 0.6) is 5.75 Å². The van der Waals surface area contributed by atoms with Gasteiger partial charge in [0.25, 0.3) is 11.8 Å². The lowest BCUT2D eigenvalue weighted by Crippen LogP contribution is -2.45. The van der Waals surface area contributed by atoms with E-state index in [-0.39, 0.29) is 35.3 Å². The van der Waals surface area contributed by atoms with E-state index in [0.717, 1.165) is 18.9 Å². The third-order valence-electron chi connectivity index (χ3n) is 5.75. The second-order valence-corrected chi connectivity index (χ2v) is 7.94. The SMILES string of the molecule is C[C@@H]1CC[C@@H]2CN(C1)C(=O)c1c(O)c(=O)c(C(=O)NCc3ccc(F)cc3F)cn12. The second kappa shape index (κ2) is 7.55. The van der Waals surface area contributed by atoms with Gasteiger partial charge in [0.2, 0.25) is 5.43 Å². The highest BCUT2D eigenvalue weighted by atomic mass is 19.1. The van der Waals surface area contributed by atoms with Crippen molar-refractivity contribution >= 4 is 11.8 Å². The number of aromatic hydroxyl groups is 1. The van der Waals surface area contributed by atoms with Gasteiger partial charge in [0.05, 0.1) is 6.04 Å². The number of pyridine rings is 1. The highest BCUT2D eigenvalue weighted by Crippen LogP contribution is 2.33. The summed E-state index contributed by atoms with van der Waals surface area (Å²) in [6.45, 7) is 2.77. The van der Waals surface area contributed by atoms with Crippen molar-refractivity contribution in [2.24, 2.45) is 5.92 Å². The van der Waals surface area contributed by atoms with Gasteiger partial charge in [-0.3, -0.25) is 14.4 Å². The highest BCUT2D eigenvalue weighted by molar-refractivity contribution is 5.99. The number of fused-ring (bicyclic) bond motifs is 4. The summed E-state index contributed by atoms with van der Waals surface area (Å²) < 4.78 is 28.3. The number of carbonyl (C=O) groups excluding carboxylic acids is 2. The molecule has 2 aliphatic rings. The van der Waals surface area contributed by atoms with Crippen molar-refractivity contribution in [3.05, 3.63) is 63.1 Å². The van der Waals surface area contributed by atoms with E-state index in [2.05, 4.69) is 5.32 Å². The Kier molecular flexibility index (Phi) is 5.05. The fourth-order valence-corrected chi connectivity index (χ4v) is 4.12. The summed E-state index contributed by atoms with van der Waals surface area (Å²) in [5.41, 5.74) is -1.35. The largest absolute Gasteiger partial charge is 0.503 e. The summed E-state index contributed by atoms with van der Waals surface area (Å²) in [5, 5.41) is 12.9. The molecule has 3 heterocycles. The molecule has 0 aliphatic carbocycles. The minimum Gasteiger partial charge on any atom is -0.503 e. The number of carbonyl (C=O) groups is 2. The molecule has 158 valence electrons. The van der Waals surface area contributed by atoms with Crippen molar-refractivity contribution in [3.63, 3.8) is 0 Å². The van der Waals surface area contributed by atoms with Crippen molar-refractivity contribution in [2.45, 2.75) is 32.4 Å². The number of rotatable bonds is 3. The zero-order chi connectivity index (χ0) is 21.6. The van der Waals surface area contributed by atoms with Crippen LogP contribution in [-0.2, 0) is 6.54 Å².